The third-order valence-corrected chi connectivity index (χ3v) is 7.71. The SMILES string of the molecule is Cn1c(CO)nnc1Sc1nc(-c2ccsc2)nc2sc3c(c12)CCCC3. The summed E-state index contributed by atoms with van der Waals surface area (Å²) in [5.74, 6) is 1.31. The van der Waals surface area contributed by atoms with Crippen LogP contribution in [0.1, 0.15) is 29.1 Å². The minimum atomic E-state index is -0.128. The molecule has 138 valence electrons. The number of fused-ring (bicyclic) bond motifs is 3. The lowest BCUT2D eigenvalue weighted by Crippen LogP contribution is -2.01. The Hall–Kier alpha value is -1.81. The van der Waals surface area contributed by atoms with Gasteiger partial charge in [0.2, 0.25) is 0 Å². The fourth-order valence-electron chi connectivity index (χ4n) is 3.38. The number of aromatic nitrogens is 5. The Bertz CT molecular complexity index is 1120. The zero-order valence-electron chi connectivity index (χ0n) is 14.7. The number of aliphatic hydroxyl groups is 1. The molecule has 0 aromatic carbocycles. The maximum atomic E-state index is 9.41. The van der Waals surface area contributed by atoms with Crippen molar-refractivity contribution in [3.63, 3.8) is 0 Å². The summed E-state index contributed by atoms with van der Waals surface area (Å²) < 4.78 is 1.82. The summed E-state index contributed by atoms with van der Waals surface area (Å²) in [6, 6.07) is 2.06. The Morgan fingerprint density at radius 2 is 2.11 bits per heavy atom. The van der Waals surface area contributed by atoms with Crippen molar-refractivity contribution in [3.8, 4) is 11.4 Å². The Kier molecular flexibility index (Phi) is 4.47. The Labute approximate surface area is 168 Å². The summed E-state index contributed by atoms with van der Waals surface area (Å²) in [5.41, 5.74) is 2.45. The van der Waals surface area contributed by atoms with Crippen molar-refractivity contribution < 1.29 is 5.11 Å². The largest absolute Gasteiger partial charge is 0.388 e. The minimum absolute atomic E-state index is 0.128. The number of aryl methyl sites for hydroxylation is 2. The van der Waals surface area contributed by atoms with E-state index in [-0.39, 0.29) is 6.61 Å². The van der Waals surface area contributed by atoms with Crippen molar-refractivity contribution in [2.24, 2.45) is 7.05 Å². The third-order valence-electron chi connectivity index (χ3n) is 4.82. The number of hydrogen-bond acceptors (Lipinski definition) is 8. The lowest BCUT2D eigenvalue weighted by Gasteiger charge is -2.12. The van der Waals surface area contributed by atoms with E-state index in [0.717, 1.165) is 39.2 Å². The van der Waals surface area contributed by atoms with Crippen LogP contribution >= 0.6 is 34.4 Å². The minimum Gasteiger partial charge on any atom is -0.388 e. The first-order chi connectivity index (χ1) is 13.2. The van der Waals surface area contributed by atoms with Gasteiger partial charge >= 0.3 is 0 Å². The number of rotatable bonds is 4. The molecule has 0 saturated heterocycles. The number of nitrogens with zero attached hydrogens (tertiary/aromatic N) is 5. The molecule has 1 aliphatic carbocycles. The molecule has 6 nitrogen and oxygen atoms in total. The first kappa shape index (κ1) is 17.3. The van der Waals surface area contributed by atoms with Crippen molar-refractivity contribution in [2.45, 2.75) is 42.5 Å². The van der Waals surface area contributed by atoms with Crippen molar-refractivity contribution in [1.29, 1.82) is 0 Å². The van der Waals surface area contributed by atoms with Crippen LogP contribution in [0.2, 0.25) is 0 Å². The zero-order valence-corrected chi connectivity index (χ0v) is 17.1. The summed E-state index contributed by atoms with van der Waals surface area (Å²) >= 11 is 4.96. The lowest BCUT2D eigenvalue weighted by molar-refractivity contribution is 0.266. The molecule has 0 unspecified atom stereocenters. The van der Waals surface area contributed by atoms with Crippen molar-refractivity contribution in [2.75, 3.05) is 0 Å². The standard InChI is InChI=1S/C18H17N5OS3/c1-23-13(8-24)21-22-18(23)27-17-14-11-4-2-3-5-12(11)26-16(14)19-15(20-17)10-6-7-25-9-10/h6-7,9,24H,2-5,8H2,1H3. The van der Waals surface area contributed by atoms with Gasteiger partial charge in [-0.1, -0.05) is 0 Å². The molecule has 0 fully saturated rings. The Morgan fingerprint density at radius 1 is 1.22 bits per heavy atom. The van der Waals surface area contributed by atoms with Crippen LogP contribution in [0.25, 0.3) is 21.6 Å². The van der Waals surface area contributed by atoms with Gasteiger partial charge in [0, 0.05) is 28.3 Å². The highest BCUT2D eigenvalue weighted by molar-refractivity contribution is 7.99. The van der Waals surface area contributed by atoms with Crippen molar-refractivity contribution >= 4 is 44.7 Å². The van der Waals surface area contributed by atoms with Gasteiger partial charge in [0.25, 0.3) is 0 Å². The molecule has 0 bridgehead atoms. The molecule has 0 atom stereocenters. The predicted molar refractivity (Wildman–Crippen MR) is 108 cm³/mol. The monoisotopic (exact) mass is 415 g/mol. The molecule has 27 heavy (non-hydrogen) atoms. The number of aliphatic hydroxyl groups excluding tert-OH is 1. The molecule has 0 saturated carbocycles. The molecular weight excluding hydrogens is 398 g/mol. The fourth-order valence-corrected chi connectivity index (χ4v) is 6.29. The number of hydrogen-bond donors (Lipinski definition) is 1. The fraction of sp³-hybridized carbons (Fsp3) is 0.333. The van der Waals surface area contributed by atoms with Gasteiger partial charge < -0.3 is 9.67 Å². The third kappa shape index (κ3) is 2.98. The second kappa shape index (κ2) is 6.97. The molecule has 4 heterocycles. The second-order valence-electron chi connectivity index (χ2n) is 6.47. The van der Waals surface area contributed by atoms with Crippen molar-refractivity contribution in [3.05, 3.63) is 33.1 Å². The van der Waals surface area contributed by atoms with E-state index < -0.39 is 0 Å². The van der Waals surface area contributed by atoms with Gasteiger partial charge in [0.05, 0.1) is 0 Å². The van der Waals surface area contributed by atoms with E-state index >= 15 is 0 Å². The topological polar surface area (TPSA) is 76.7 Å². The average molecular weight is 416 g/mol. The molecule has 0 amide bonds. The van der Waals surface area contributed by atoms with Crippen LogP contribution in [0, 0.1) is 0 Å². The van der Waals surface area contributed by atoms with Crippen LogP contribution in [-0.4, -0.2) is 29.8 Å². The quantitative estimate of drug-likeness (QED) is 0.506. The first-order valence-electron chi connectivity index (χ1n) is 8.76. The van der Waals surface area contributed by atoms with E-state index in [9.17, 15) is 5.11 Å². The van der Waals surface area contributed by atoms with Gasteiger partial charge in [-0.15, -0.1) is 21.5 Å². The van der Waals surface area contributed by atoms with E-state index in [2.05, 4.69) is 21.6 Å². The zero-order chi connectivity index (χ0) is 18.4. The molecule has 4 aromatic heterocycles. The number of thiophene rings is 2. The summed E-state index contributed by atoms with van der Waals surface area (Å²) in [7, 11) is 1.87. The maximum Gasteiger partial charge on any atom is 0.197 e. The lowest BCUT2D eigenvalue weighted by atomic mass is 9.97. The molecule has 1 aliphatic rings. The van der Waals surface area contributed by atoms with Crippen LogP contribution in [0.15, 0.2) is 27.0 Å². The Balaban J connectivity index is 1.70. The van der Waals surface area contributed by atoms with Gasteiger partial charge in [-0.05, 0) is 54.5 Å². The van der Waals surface area contributed by atoms with E-state index in [1.165, 1.54) is 40.4 Å². The maximum absolute atomic E-state index is 9.41. The molecule has 0 radical (unpaired) electrons. The molecule has 9 heteroatoms. The van der Waals surface area contributed by atoms with Gasteiger partial charge in [0.1, 0.15) is 16.5 Å². The molecule has 1 N–H and O–H groups in total. The van der Waals surface area contributed by atoms with E-state index in [1.54, 1.807) is 22.7 Å². The predicted octanol–water partition coefficient (Wildman–Crippen LogP) is 4.07. The van der Waals surface area contributed by atoms with E-state index in [0.29, 0.717) is 5.82 Å². The highest BCUT2D eigenvalue weighted by atomic mass is 32.2. The average Bonchev–Trinajstić information content (AvgIpc) is 3.40. The molecule has 5 rings (SSSR count). The normalized spacial score (nSPS) is 14.0. The first-order valence-corrected chi connectivity index (χ1v) is 11.3. The van der Waals surface area contributed by atoms with Gasteiger partial charge in [0.15, 0.2) is 16.8 Å². The van der Waals surface area contributed by atoms with Crippen LogP contribution in [-0.2, 0) is 26.5 Å². The van der Waals surface area contributed by atoms with Gasteiger partial charge in [-0.2, -0.15) is 11.3 Å². The smallest absolute Gasteiger partial charge is 0.197 e. The molecular formula is C18H17N5OS3. The van der Waals surface area contributed by atoms with Crippen LogP contribution < -0.4 is 0 Å². The summed E-state index contributed by atoms with van der Waals surface area (Å²) in [6.07, 6.45) is 4.68. The van der Waals surface area contributed by atoms with Gasteiger partial charge in [-0.3, -0.25) is 0 Å². The summed E-state index contributed by atoms with van der Waals surface area (Å²) in [6.45, 7) is -0.128. The van der Waals surface area contributed by atoms with E-state index in [1.807, 2.05) is 17.0 Å². The second-order valence-corrected chi connectivity index (χ2v) is 9.29. The summed E-state index contributed by atoms with van der Waals surface area (Å²) in [5, 5.41) is 24.7. The molecule has 0 aliphatic heterocycles. The van der Waals surface area contributed by atoms with Gasteiger partial charge in [-0.25, -0.2) is 9.97 Å². The molecule has 4 aromatic rings. The highest BCUT2D eigenvalue weighted by Gasteiger charge is 2.23. The van der Waals surface area contributed by atoms with Crippen molar-refractivity contribution in [1.82, 2.24) is 24.7 Å². The highest BCUT2D eigenvalue weighted by Crippen LogP contribution is 2.42. The Morgan fingerprint density at radius 3 is 2.89 bits per heavy atom. The van der Waals surface area contributed by atoms with E-state index in [4.69, 9.17) is 9.97 Å². The summed E-state index contributed by atoms with van der Waals surface area (Å²) in [4.78, 5) is 12.3. The van der Waals surface area contributed by atoms with Crippen LogP contribution in [0.5, 0.6) is 0 Å². The van der Waals surface area contributed by atoms with Crippen LogP contribution in [0.4, 0.5) is 0 Å². The molecule has 0 spiro atoms. The van der Waals surface area contributed by atoms with Crippen LogP contribution in [0.3, 0.4) is 0 Å².